The number of carbonyl (C=O) groups is 2. The first-order valence-corrected chi connectivity index (χ1v) is 8.71. The maximum atomic E-state index is 11.8. The van der Waals surface area contributed by atoms with E-state index in [4.69, 9.17) is 19.9 Å². The van der Waals surface area contributed by atoms with Crippen molar-refractivity contribution in [2.75, 3.05) is 59.0 Å². The average molecular weight is 367 g/mol. The molecule has 0 heterocycles. The quantitative estimate of drug-likeness (QED) is 0.327. The number of carbonyl (C=O) groups excluding carboxylic acids is 2. The van der Waals surface area contributed by atoms with Crippen LogP contribution in [0.15, 0.2) is 24.3 Å². The van der Waals surface area contributed by atoms with Gasteiger partial charge in [-0.1, -0.05) is 0 Å². The average Bonchev–Trinajstić information content (AvgIpc) is 2.65. The number of amides is 2. The molecule has 0 bridgehead atoms. The fraction of sp³-hybridized carbons (Fsp3) is 0.556. The first-order chi connectivity index (χ1) is 12.6. The van der Waals surface area contributed by atoms with E-state index in [1.165, 1.54) is 0 Å². The molecule has 0 spiro atoms. The second-order valence-corrected chi connectivity index (χ2v) is 5.49. The highest BCUT2D eigenvalue weighted by Crippen LogP contribution is 2.04. The number of benzene rings is 1. The molecule has 1 aromatic carbocycles. The maximum absolute atomic E-state index is 11.8. The predicted molar refractivity (Wildman–Crippen MR) is 98.9 cm³/mol. The largest absolute Gasteiger partial charge is 0.399 e. The Morgan fingerprint density at radius 3 is 2.19 bits per heavy atom. The molecule has 8 nitrogen and oxygen atoms in total. The van der Waals surface area contributed by atoms with Crippen molar-refractivity contribution in [2.45, 2.75) is 12.8 Å². The van der Waals surface area contributed by atoms with Crippen molar-refractivity contribution in [2.24, 2.45) is 0 Å². The minimum absolute atomic E-state index is 0.0249. The highest BCUT2D eigenvalue weighted by Gasteiger charge is 2.03. The van der Waals surface area contributed by atoms with Gasteiger partial charge in [-0.2, -0.15) is 0 Å². The molecule has 4 N–H and O–H groups in total. The lowest BCUT2D eigenvalue weighted by atomic mass is 10.2. The third-order valence-corrected chi connectivity index (χ3v) is 3.41. The lowest BCUT2D eigenvalue weighted by Crippen LogP contribution is -2.27. The second-order valence-electron chi connectivity index (χ2n) is 5.49. The number of hydrogen-bond donors (Lipinski definition) is 3. The van der Waals surface area contributed by atoms with Crippen molar-refractivity contribution in [1.29, 1.82) is 0 Å². The fourth-order valence-electron chi connectivity index (χ4n) is 1.95. The van der Waals surface area contributed by atoms with E-state index in [9.17, 15) is 9.59 Å². The minimum atomic E-state index is -0.152. The highest BCUT2D eigenvalue weighted by atomic mass is 16.5. The van der Waals surface area contributed by atoms with Gasteiger partial charge in [-0.3, -0.25) is 9.59 Å². The van der Waals surface area contributed by atoms with Gasteiger partial charge in [-0.15, -0.1) is 0 Å². The van der Waals surface area contributed by atoms with Crippen LogP contribution < -0.4 is 16.4 Å². The van der Waals surface area contributed by atoms with Gasteiger partial charge in [-0.05, 0) is 30.7 Å². The van der Waals surface area contributed by atoms with E-state index in [1.54, 1.807) is 31.3 Å². The monoisotopic (exact) mass is 367 g/mol. The molecular formula is C18H29N3O5. The fourth-order valence-corrected chi connectivity index (χ4v) is 1.95. The van der Waals surface area contributed by atoms with Crippen LogP contribution in [0.1, 0.15) is 23.2 Å². The molecule has 0 aliphatic rings. The van der Waals surface area contributed by atoms with Crippen LogP contribution in [-0.4, -0.2) is 65.0 Å². The topological polar surface area (TPSA) is 112 Å². The number of rotatable bonds is 14. The van der Waals surface area contributed by atoms with E-state index >= 15 is 0 Å². The number of nitrogens with one attached hydrogen (secondary N) is 2. The number of hydrogen-bond acceptors (Lipinski definition) is 6. The van der Waals surface area contributed by atoms with Gasteiger partial charge in [0.1, 0.15) is 0 Å². The van der Waals surface area contributed by atoms with Crippen LogP contribution in [0.5, 0.6) is 0 Å². The molecule has 1 aromatic rings. The summed E-state index contributed by atoms with van der Waals surface area (Å²) >= 11 is 0. The number of anilines is 1. The van der Waals surface area contributed by atoms with Crippen molar-refractivity contribution in [3.8, 4) is 0 Å². The number of ether oxygens (including phenoxy) is 3. The minimum Gasteiger partial charge on any atom is -0.399 e. The molecule has 0 saturated carbocycles. The summed E-state index contributed by atoms with van der Waals surface area (Å²) in [5.41, 5.74) is 6.77. The van der Waals surface area contributed by atoms with Gasteiger partial charge in [-0.25, -0.2) is 0 Å². The molecule has 1 rings (SSSR count). The van der Waals surface area contributed by atoms with Gasteiger partial charge in [0.25, 0.3) is 5.91 Å². The summed E-state index contributed by atoms with van der Waals surface area (Å²) in [7, 11) is 1.60. The van der Waals surface area contributed by atoms with Gasteiger partial charge in [0.05, 0.1) is 26.4 Å². The first kappa shape index (κ1) is 21.9. The second kappa shape index (κ2) is 14.1. The molecule has 0 aromatic heterocycles. The molecule has 0 aliphatic heterocycles. The lowest BCUT2D eigenvalue weighted by molar-refractivity contribution is -0.121. The summed E-state index contributed by atoms with van der Waals surface area (Å²) in [5, 5.41) is 5.31. The zero-order chi connectivity index (χ0) is 19.0. The van der Waals surface area contributed by atoms with E-state index < -0.39 is 0 Å². The molecule has 146 valence electrons. The number of nitrogen functional groups attached to an aromatic ring is 1. The Kier molecular flexibility index (Phi) is 11.8. The third kappa shape index (κ3) is 10.7. The summed E-state index contributed by atoms with van der Waals surface area (Å²) < 4.78 is 16.1. The first-order valence-electron chi connectivity index (χ1n) is 8.71. The lowest BCUT2D eigenvalue weighted by Gasteiger charge is -2.08. The van der Waals surface area contributed by atoms with Gasteiger partial charge in [0.2, 0.25) is 5.91 Å². The SMILES string of the molecule is CNC(=O)CCOCCCOCCOCCNC(=O)c1ccc(N)cc1. The summed E-state index contributed by atoms with van der Waals surface area (Å²) in [5.74, 6) is -0.177. The Labute approximate surface area is 154 Å². The van der Waals surface area contributed by atoms with Crippen LogP contribution >= 0.6 is 0 Å². The van der Waals surface area contributed by atoms with Crippen molar-refractivity contribution < 1.29 is 23.8 Å². The van der Waals surface area contributed by atoms with Crippen LogP contribution in [0.3, 0.4) is 0 Å². The Morgan fingerprint density at radius 2 is 1.54 bits per heavy atom. The molecule has 0 atom stereocenters. The van der Waals surface area contributed by atoms with Crippen molar-refractivity contribution in [3.05, 3.63) is 29.8 Å². The van der Waals surface area contributed by atoms with Crippen LogP contribution in [0.4, 0.5) is 5.69 Å². The third-order valence-electron chi connectivity index (χ3n) is 3.41. The predicted octanol–water partition coefficient (Wildman–Crippen LogP) is 0.575. The van der Waals surface area contributed by atoms with E-state index in [0.29, 0.717) is 63.9 Å². The van der Waals surface area contributed by atoms with Crippen LogP contribution in [-0.2, 0) is 19.0 Å². The van der Waals surface area contributed by atoms with Gasteiger partial charge < -0.3 is 30.6 Å². The molecule has 0 fully saturated rings. The van der Waals surface area contributed by atoms with Gasteiger partial charge in [0, 0.05) is 44.5 Å². The van der Waals surface area contributed by atoms with Crippen molar-refractivity contribution in [3.63, 3.8) is 0 Å². The Bertz CT molecular complexity index is 522. The molecule has 0 unspecified atom stereocenters. The summed E-state index contributed by atoms with van der Waals surface area (Å²) in [4.78, 5) is 22.8. The Balaban J connectivity index is 1.85. The van der Waals surface area contributed by atoms with E-state index in [1.807, 2.05) is 0 Å². The number of nitrogens with two attached hydrogens (primary N) is 1. The molecule has 0 aliphatic carbocycles. The van der Waals surface area contributed by atoms with E-state index in [2.05, 4.69) is 10.6 Å². The molecule has 8 heteroatoms. The standard InChI is InChI=1S/C18H29N3O5/c1-20-17(22)7-11-24-9-2-10-25-13-14-26-12-8-21-18(23)15-3-5-16(19)6-4-15/h3-6H,2,7-14,19H2,1H3,(H,20,22)(H,21,23). The molecular weight excluding hydrogens is 338 g/mol. The molecule has 2 amide bonds. The summed E-state index contributed by atoms with van der Waals surface area (Å²) in [6.45, 7) is 3.38. The van der Waals surface area contributed by atoms with Gasteiger partial charge in [0.15, 0.2) is 0 Å². The summed E-state index contributed by atoms with van der Waals surface area (Å²) in [6.07, 6.45) is 1.14. The van der Waals surface area contributed by atoms with Crippen LogP contribution in [0.2, 0.25) is 0 Å². The molecule has 0 radical (unpaired) electrons. The Hall–Kier alpha value is -2.16. The maximum Gasteiger partial charge on any atom is 0.251 e. The smallest absolute Gasteiger partial charge is 0.251 e. The van der Waals surface area contributed by atoms with Gasteiger partial charge >= 0.3 is 0 Å². The van der Waals surface area contributed by atoms with E-state index in [0.717, 1.165) is 6.42 Å². The zero-order valence-electron chi connectivity index (χ0n) is 15.3. The van der Waals surface area contributed by atoms with Crippen molar-refractivity contribution >= 4 is 17.5 Å². The van der Waals surface area contributed by atoms with E-state index in [-0.39, 0.29) is 11.8 Å². The zero-order valence-corrected chi connectivity index (χ0v) is 15.3. The van der Waals surface area contributed by atoms with Crippen LogP contribution in [0.25, 0.3) is 0 Å². The Morgan fingerprint density at radius 1 is 0.923 bits per heavy atom. The molecule has 26 heavy (non-hydrogen) atoms. The summed E-state index contributed by atoms with van der Waals surface area (Å²) in [6, 6.07) is 6.74. The molecule has 0 saturated heterocycles. The normalized spacial score (nSPS) is 10.5. The van der Waals surface area contributed by atoms with Crippen molar-refractivity contribution in [1.82, 2.24) is 10.6 Å². The van der Waals surface area contributed by atoms with Crippen LogP contribution in [0, 0.1) is 0 Å². The highest BCUT2D eigenvalue weighted by molar-refractivity contribution is 5.94.